The molecule has 1 aromatic heterocycles. The molecule has 2 amide bonds. The van der Waals surface area contributed by atoms with Gasteiger partial charge in [0.15, 0.2) is 12.4 Å². The minimum absolute atomic E-state index is 0.136. The highest BCUT2D eigenvalue weighted by molar-refractivity contribution is 9.10. The van der Waals surface area contributed by atoms with E-state index in [1.54, 1.807) is 60.7 Å². The molecular formula is C35H27BrN2O6. The summed E-state index contributed by atoms with van der Waals surface area (Å²) in [5, 5.41) is 0.583. The van der Waals surface area contributed by atoms with Gasteiger partial charge in [-0.1, -0.05) is 52.3 Å². The van der Waals surface area contributed by atoms with Crippen LogP contribution in [0.2, 0.25) is 0 Å². The number of Topliss-reactive ketones (excluding diaryl/α,β-unsaturated/α-hetero) is 1. The van der Waals surface area contributed by atoms with Gasteiger partial charge in [-0.15, -0.1) is 0 Å². The molecule has 7 rings (SSSR count). The van der Waals surface area contributed by atoms with Crippen LogP contribution in [0.1, 0.15) is 32.7 Å². The summed E-state index contributed by atoms with van der Waals surface area (Å²) in [6.07, 6.45) is 5.03. The average molecular weight is 652 g/mol. The molecule has 4 aromatic rings. The van der Waals surface area contributed by atoms with Crippen molar-refractivity contribution < 1.29 is 28.7 Å². The van der Waals surface area contributed by atoms with Crippen LogP contribution in [0.15, 0.2) is 83.4 Å². The number of ketones is 1. The molecule has 2 heterocycles. The van der Waals surface area contributed by atoms with Crippen molar-refractivity contribution in [1.29, 1.82) is 0 Å². The van der Waals surface area contributed by atoms with Crippen LogP contribution in [0.5, 0.6) is 5.75 Å². The monoisotopic (exact) mass is 650 g/mol. The number of benzene rings is 3. The molecule has 1 saturated carbocycles. The molecule has 1 aliphatic heterocycles. The molecule has 1 saturated heterocycles. The Morgan fingerprint density at radius 2 is 1.66 bits per heavy atom. The first-order valence-corrected chi connectivity index (χ1v) is 15.1. The number of aryl methyl sites for hydroxylation is 1. The van der Waals surface area contributed by atoms with Gasteiger partial charge in [-0.3, -0.25) is 19.3 Å². The maximum atomic E-state index is 13.4. The number of pyridine rings is 1. The number of imide groups is 1. The van der Waals surface area contributed by atoms with Gasteiger partial charge < -0.3 is 9.47 Å². The summed E-state index contributed by atoms with van der Waals surface area (Å²) in [5.74, 6) is -1.03. The average Bonchev–Trinajstić information content (AvgIpc) is 3.72. The number of aromatic nitrogens is 1. The van der Waals surface area contributed by atoms with Gasteiger partial charge in [-0.05, 0) is 73.2 Å². The molecule has 3 aromatic carbocycles. The number of amides is 2. The molecule has 220 valence electrons. The van der Waals surface area contributed by atoms with Gasteiger partial charge in [0, 0.05) is 21.0 Å². The number of methoxy groups -OCH3 is 1. The Balaban J connectivity index is 1.18. The number of fused-ring (bicyclic) bond motifs is 6. The standard InChI is InChI=1S/C35H27BrN2O6/c1-18-12-23(36)15-26-27(35(42)44-17-29(39)20-4-3-5-25(14-20)43-2)16-28(37-32(18)26)19-8-10-24(11-9-19)38-33(40)30-21-6-7-22(13-21)31(30)34(38)41/h3-12,14-16,21-22,30-31H,13,17H2,1-2H3. The van der Waals surface area contributed by atoms with E-state index in [0.717, 1.165) is 16.5 Å². The van der Waals surface area contributed by atoms with Crippen LogP contribution >= 0.6 is 15.9 Å². The number of halogens is 1. The van der Waals surface area contributed by atoms with Gasteiger partial charge >= 0.3 is 5.97 Å². The molecule has 9 heteroatoms. The Morgan fingerprint density at radius 1 is 0.955 bits per heavy atom. The third kappa shape index (κ3) is 4.63. The number of esters is 1. The number of allylic oxidation sites excluding steroid dienone is 2. The third-order valence-electron chi connectivity index (χ3n) is 8.91. The molecule has 0 spiro atoms. The molecule has 0 N–H and O–H groups in total. The Hall–Kier alpha value is -4.63. The zero-order chi connectivity index (χ0) is 30.7. The summed E-state index contributed by atoms with van der Waals surface area (Å²) >= 11 is 3.51. The first kappa shape index (κ1) is 28.2. The van der Waals surface area contributed by atoms with Crippen molar-refractivity contribution in [3.05, 3.63) is 100 Å². The van der Waals surface area contributed by atoms with Crippen molar-refractivity contribution >= 4 is 56.1 Å². The first-order valence-electron chi connectivity index (χ1n) is 14.4. The lowest BCUT2D eigenvalue weighted by Crippen LogP contribution is -2.32. The second kappa shape index (κ2) is 10.8. The number of nitrogens with zero attached hydrogens (tertiary/aromatic N) is 2. The molecule has 2 fully saturated rings. The summed E-state index contributed by atoms with van der Waals surface area (Å²) in [4.78, 5) is 59.0. The van der Waals surface area contributed by atoms with Crippen LogP contribution < -0.4 is 9.64 Å². The zero-order valence-electron chi connectivity index (χ0n) is 24.0. The summed E-state index contributed by atoms with van der Waals surface area (Å²) in [7, 11) is 1.51. The fourth-order valence-electron chi connectivity index (χ4n) is 6.80. The third-order valence-corrected chi connectivity index (χ3v) is 9.36. The maximum absolute atomic E-state index is 13.4. The van der Waals surface area contributed by atoms with Crippen molar-refractivity contribution in [2.24, 2.45) is 23.7 Å². The van der Waals surface area contributed by atoms with Crippen LogP contribution in [0.25, 0.3) is 22.2 Å². The molecule has 44 heavy (non-hydrogen) atoms. The van der Waals surface area contributed by atoms with E-state index in [1.165, 1.54) is 12.0 Å². The number of rotatable bonds is 7. The number of anilines is 1. The van der Waals surface area contributed by atoms with Crippen molar-refractivity contribution in [2.75, 3.05) is 18.6 Å². The smallest absolute Gasteiger partial charge is 0.339 e. The fourth-order valence-corrected chi connectivity index (χ4v) is 7.37. The van der Waals surface area contributed by atoms with Crippen LogP contribution in [0, 0.1) is 30.6 Å². The second-order valence-electron chi connectivity index (χ2n) is 11.5. The Kier molecular flexibility index (Phi) is 6.93. The minimum Gasteiger partial charge on any atom is -0.497 e. The van der Waals surface area contributed by atoms with Crippen molar-refractivity contribution in [2.45, 2.75) is 13.3 Å². The lowest BCUT2D eigenvalue weighted by Gasteiger charge is -2.18. The molecule has 8 nitrogen and oxygen atoms in total. The molecule has 2 bridgehead atoms. The number of carbonyl (C=O) groups is 4. The van der Waals surface area contributed by atoms with Crippen LogP contribution in [0.4, 0.5) is 5.69 Å². The van der Waals surface area contributed by atoms with Gasteiger partial charge in [-0.2, -0.15) is 0 Å². The summed E-state index contributed by atoms with van der Waals surface area (Å²) in [5.41, 5.74) is 3.82. The molecule has 4 atom stereocenters. The van der Waals surface area contributed by atoms with E-state index in [1.807, 2.05) is 13.0 Å². The highest BCUT2D eigenvalue weighted by Gasteiger charge is 2.59. The summed E-state index contributed by atoms with van der Waals surface area (Å²) in [6, 6.07) is 19.1. The van der Waals surface area contributed by atoms with Crippen molar-refractivity contribution in [3.8, 4) is 17.0 Å². The Bertz CT molecular complexity index is 1890. The van der Waals surface area contributed by atoms with Crippen LogP contribution in [0.3, 0.4) is 0 Å². The summed E-state index contributed by atoms with van der Waals surface area (Å²) in [6.45, 7) is 1.46. The topological polar surface area (TPSA) is 103 Å². The summed E-state index contributed by atoms with van der Waals surface area (Å²) < 4.78 is 11.5. The Labute approximate surface area is 261 Å². The van der Waals surface area contributed by atoms with Crippen molar-refractivity contribution in [1.82, 2.24) is 4.98 Å². The molecular weight excluding hydrogens is 624 g/mol. The second-order valence-corrected chi connectivity index (χ2v) is 12.4. The van der Waals surface area contributed by atoms with E-state index < -0.39 is 12.6 Å². The van der Waals surface area contributed by atoms with Gasteiger partial charge in [0.25, 0.3) is 0 Å². The predicted octanol–water partition coefficient (Wildman–Crippen LogP) is 6.33. The number of hydrogen-bond acceptors (Lipinski definition) is 7. The van der Waals surface area contributed by atoms with Crippen LogP contribution in [-0.4, -0.2) is 42.3 Å². The highest BCUT2D eigenvalue weighted by Crippen LogP contribution is 2.53. The SMILES string of the molecule is COc1cccc(C(=O)COC(=O)c2cc(-c3ccc(N4C(=O)C5C6C=CC(C6)C5C4=O)cc3)nc3c(C)cc(Br)cc23)c1. The number of ether oxygens (including phenoxy) is 2. The molecule has 3 aliphatic rings. The van der Waals surface area contributed by atoms with Gasteiger partial charge in [0.2, 0.25) is 11.8 Å². The van der Waals surface area contributed by atoms with E-state index >= 15 is 0 Å². The zero-order valence-corrected chi connectivity index (χ0v) is 25.5. The highest BCUT2D eigenvalue weighted by atomic mass is 79.9. The van der Waals surface area contributed by atoms with E-state index in [2.05, 4.69) is 28.1 Å². The number of hydrogen-bond donors (Lipinski definition) is 0. The van der Waals surface area contributed by atoms with E-state index in [-0.39, 0.29) is 46.8 Å². The van der Waals surface area contributed by atoms with E-state index in [9.17, 15) is 19.2 Å². The first-order chi connectivity index (χ1) is 21.2. The number of carbonyl (C=O) groups excluding carboxylic acids is 4. The molecule has 4 unspecified atom stereocenters. The van der Waals surface area contributed by atoms with Crippen LogP contribution in [-0.2, 0) is 14.3 Å². The van der Waals surface area contributed by atoms with Gasteiger partial charge in [-0.25, -0.2) is 9.78 Å². The fraction of sp³-hybridized carbons (Fsp3) is 0.229. The normalized spacial score (nSPS) is 21.7. The Morgan fingerprint density at radius 3 is 2.34 bits per heavy atom. The maximum Gasteiger partial charge on any atom is 0.339 e. The molecule has 2 aliphatic carbocycles. The van der Waals surface area contributed by atoms with E-state index in [0.29, 0.717) is 39.2 Å². The lowest BCUT2D eigenvalue weighted by molar-refractivity contribution is -0.123. The predicted molar refractivity (Wildman–Crippen MR) is 167 cm³/mol. The molecule has 0 radical (unpaired) electrons. The van der Waals surface area contributed by atoms with Gasteiger partial charge in [0.1, 0.15) is 5.75 Å². The van der Waals surface area contributed by atoms with E-state index in [4.69, 9.17) is 14.5 Å². The largest absolute Gasteiger partial charge is 0.497 e. The van der Waals surface area contributed by atoms with Gasteiger partial charge in [0.05, 0.1) is 41.4 Å². The minimum atomic E-state index is -0.660. The van der Waals surface area contributed by atoms with Crippen molar-refractivity contribution in [3.63, 3.8) is 0 Å². The lowest BCUT2D eigenvalue weighted by atomic mass is 9.85. The quantitative estimate of drug-likeness (QED) is 0.0996.